The predicted octanol–water partition coefficient (Wildman–Crippen LogP) is 1.47. The van der Waals surface area contributed by atoms with Gasteiger partial charge in [-0.05, 0) is 49.5 Å². The van der Waals surface area contributed by atoms with E-state index in [0.717, 1.165) is 31.5 Å². The highest BCUT2D eigenvalue weighted by Crippen LogP contribution is 2.27. The molecular formula is C14H20N2O2. The molecule has 1 saturated heterocycles. The van der Waals surface area contributed by atoms with E-state index >= 15 is 0 Å². The SMILES string of the molecule is COC(=O)c1cccc([C@H](N)C2CCNCC2)c1. The number of carbonyl (C=O) groups excluding carboxylic acids is 1. The molecule has 4 heteroatoms. The van der Waals surface area contributed by atoms with Gasteiger partial charge in [-0.3, -0.25) is 0 Å². The molecule has 0 spiro atoms. The van der Waals surface area contributed by atoms with E-state index in [2.05, 4.69) is 5.32 Å². The zero-order valence-corrected chi connectivity index (χ0v) is 10.7. The normalized spacial score (nSPS) is 18.3. The van der Waals surface area contributed by atoms with Crippen LogP contribution in [0.4, 0.5) is 0 Å². The standard InChI is InChI=1S/C14H20N2O2/c1-18-14(17)12-4-2-3-11(9-12)13(15)10-5-7-16-8-6-10/h2-4,9-10,13,16H,5-8,15H2,1H3/t13-/m1/s1. The fourth-order valence-corrected chi connectivity index (χ4v) is 2.47. The number of benzene rings is 1. The zero-order chi connectivity index (χ0) is 13.0. The maximum absolute atomic E-state index is 11.5. The summed E-state index contributed by atoms with van der Waals surface area (Å²) < 4.78 is 4.73. The molecule has 98 valence electrons. The molecule has 0 aliphatic carbocycles. The monoisotopic (exact) mass is 248 g/mol. The van der Waals surface area contributed by atoms with Crippen LogP contribution in [0, 0.1) is 5.92 Å². The highest BCUT2D eigenvalue weighted by Gasteiger charge is 2.22. The Bertz CT molecular complexity index is 414. The van der Waals surface area contributed by atoms with Crippen LogP contribution in [-0.4, -0.2) is 26.2 Å². The minimum atomic E-state index is -0.311. The molecule has 1 aliphatic heterocycles. The van der Waals surface area contributed by atoms with Gasteiger partial charge in [-0.25, -0.2) is 4.79 Å². The van der Waals surface area contributed by atoms with Crippen LogP contribution in [0.25, 0.3) is 0 Å². The first-order chi connectivity index (χ1) is 8.72. The van der Waals surface area contributed by atoms with Crippen molar-refractivity contribution in [2.45, 2.75) is 18.9 Å². The molecule has 1 aromatic rings. The lowest BCUT2D eigenvalue weighted by atomic mass is 9.86. The summed E-state index contributed by atoms with van der Waals surface area (Å²) in [6.45, 7) is 2.05. The predicted molar refractivity (Wildman–Crippen MR) is 70.3 cm³/mol. The van der Waals surface area contributed by atoms with E-state index in [9.17, 15) is 4.79 Å². The molecule has 0 bridgehead atoms. The van der Waals surface area contributed by atoms with Crippen LogP contribution in [0.1, 0.15) is 34.8 Å². The van der Waals surface area contributed by atoms with Gasteiger partial charge in [-0.1, -0.05) is 12.1 Å². The van der Waals surface area contributed by atoms with Crippen molar-refractivity contribution < 1.29 is 9.53 Å². The fourth-order valence-electron chi connectivity index (χ4n) is 2.47. The molecule has 0 unspecified atom stereocenters. The van der Waals surface area contributed by atoms with Gasteiger partial charge in [0, 0.05) is 6.04 Å². The Labute approximate surface area is 108 Å². The van der Waals surface area contributed by atoms with Crippen molar-refractivity contribution in [3.63, 3.8) is 0 Å². The molecule has 1 heterocycles. The van der Waals surface area contributed by atoms with Gasteiger partial charge in [-0.2, -0.15) is 0 Å². The Morgan fingerprint density at radius 2 is 2.17 bits per heavy atom. The summed E-state index contributed by atoms with van der Waals surface area (Å²) in [5, 5.41) is 3.33. The van der Waals surface area contributed by atoms with Gasteiger partial charge < -0.3 is 15.8 Å². The molecule has 1 atom stereocenters. The zero-order valence-electron chi connectivity index (χ0n) is 10.7. The Hall–Kier alpha value is -1.39. The van der Waals surface area contributed by atoms with Crippen molar-refractivity contribution in [3.05, 3.63) is 35.4 Å². The summed E-state index contributed by atoms with van der Waals surface area (Å²) >= 11 is 0. The molecule has 0 amide bonds. The van der Waals surface area contributed by atoms with E-state index < -0.39 is 0 Å². The molecule has 2 rings (SSSR count). The number of hydrogen-bond acceptors (Lipinski definition) is 4. The van der Waals surface area contributed by atoms with Crippen molar-refractivity contribution >= 4 is 5.97 Å². The third kappa shape index (κ3) is 2.89. The van der Waals surface area contributed by atoms with Crippen LogP contribution < -0.4 is 11.1 Å². The van der Waals surface area contributed by atoms with Gasteiger partial charge in [0.25, 0.3) is 0 Å². The molecule has 18 heavy (non-hydrogen) atoms. The minimum absolute atomic E-state index is 0.00305. The average Bonchev–Trinajstić information content (AvgIpc) is 2.46. The summed E-state index contributed by atoms with van der Waals surface area (Å²) in [5.74, 6) is 0.175. The van der Waals surface area contributed by atoms with Crippen molar-refractivity contribution in [3.8, 4) is 0 Å². The second-order valence-corrected chi connectivity index (χ2v) is 4.73. The first-order valence-corrected chi connectivity index (χ1v) is 6.37. The van der Waals surface area contributed by atoms with Crippen molar-refractivity contribution in [1.29, 1.82) is 0 Å². The van der Waals surface area contributed by atoms with Crippen LogP contribution in [0.15, 0.2) is 24.3 Å². The topological polar surface area (TPSA) is 64.3 Å². The lowest BCUT2D eigenvalue weighted by Gasteiger charge is -2.28. The van der Waals surface area contributed by atoms with Crippen LogP contribution in [0.3, 0.4) is 0 Å². The largest absolute Gasteiger partial charge is 0.465 e. The number of nitrogens with one attached hydrogen (secondary N) is 1. The second-order valence-electron chi connectivity index (χ2n) is 4.73. The summed E-state index contributed by atoms with van der Waals surface area (Å²) in [5.41, 5.74) is 7.89. The van der Waals surface area contributed by atoms with Gasteiger partial charge in [0.05, 0.1) is 12.7 Å². The third-order valence-electron chi connectivity index (χ3n) is 3.58. The van der Waals surface area contributed by atoms with Crippen molar-refractivity contribution in [2.24, 2.45) is 11.7 Å². The molecule has 1 fully saturated rings. The van der Waals surface area contributed by atoms with E-state index in [1.807, 2.05) is 18.2 Å². The number of rotatable bonds is 3. The summed E-state index contributed by atoms with van der Waals surface area (Å²) in [6.07, 6.45) is 2.17. The fraction of sp³-hybridized carbons (Fsp3) is 0.500. The molecule has 3 N–H and O–H groups in total. The number of ether oxygens (including phenoxy) is 1. The molecule has 0 saturated carbocycles. The van der Waals surface area contributed by atoms with E-state index in [-0.39, 0.29) is 12.0 Å². The Morgan fingerprint density at radius 3 is 2.83 bits per heavy atom. The molecule has 0 aromatic heterocycles. The smallest absolute Gasteiger partial charge is 0.337 e. The van der Waals surface area contributed by atoms with Gasteiger partial charge in [-0.15, -0.1) is 0 Å². The highest BCUT2D eigenvalue weighted by molar-refractivity contribution is 5.89. The number of hydrogen-bond donors (Lipinski definition) is 2. The van der Waals surface area contributed by atoms with Crippen LogP contribution in [-0.2, 0) is 4.74 Å². The lowest BCUT2D eigenvalue weighted by molar-refractivity contribution is 0.0600. The van der Waals surface area contributed by atoms with Gasteiger partial charge in [0.2, 0.25) is 0 Å². The Morgan fingerprint density at radius 1 is 1.44 bits per heavy atom. The average molecular weight is 248 g/mol. The lowest BCUT2D eigenvalue weighted by Crippen LogP contribution is -2.33. The maximum atomic E-state index is 11.5. The number of piperidine rings is 1. The van der Waals surface area contributed by atoms with E-state index in [0.29, 0.717) is 11.5 Å². The van der Waals surface area contributed by atoms with E-state index in [1.165, 1.54) is 7.11 Å². The van der Waals surface area contributed by atoms with E-state index in [4.69, 9.17) is 10.5 Å². The Balaban J connectivity index is 2.14. The summed E-state index contributed by atoms with van der Waals surface area (Å²) in [7, 11) is 1.39. The maximum Gasteiger partial charge on any atom is 0.337 e. The van der Waals surface area contributed by atoms with E-state index in [1.54, 1.807) is 6.07 Å². The van der Waals surface area contributed by atoms with Gasteiger partial charge in [0.15, 0.2) is 0 Å². The summed E-state index contributed by atoms with van der Waals surface area (Å²) in [4.78, 5) is 11.5. The number of methoxy groups -OCH3 is 1. The number of esters is 1. The first-order valence-electron chi connectivity index (χ1n) is 6.37. The summed E-state index contributed by atoms with van der Waals surface area (Å²) in [6, 6.07) is 7.45. The minimum Gasteiger partial charge on any atom is -0.465 e. The van der Waals surface area contributed by atoms with Gasteiger partial charge >= 0.3 is 5.97 Å². The quantitative estimate of drug-likeness (QED) is 0.795. The molecular weight excluding hydrogens is 228 g/mol. The molecule has 1 aromatic carbocycles. The van der Waals surface area contributed by atoms with Crippen molar-refractivity contribution in [2.75, 3.05) is 20.2 Å². The van der Waals surface area contributed by atoms with Gasteiger partial charge in [0.1, 0.15) is 0 Å². The van der Waals surface area contributed by atoms with Crippen LogP contribution >= 0.6 is 0 Å². The molecule has 0 radical (unpaired) electrons. The number of carbonyl (C=O) groups is 1. The Kier molecular flexibility index (Phi) is 4.33. The number of nitrogens with two attached hydrogens (primary N) is 1. The molecule has 4 nitrogen and oxygen atoms in total. The highest BCUT2D eigenvalue weighted by atomic mass is 16.5. The van der Waals surface area contributed by atoms with Crippen molar-refractivity contribution in [1.82, 2.24) is 5.32 Å². The first kappa shape index (κ1) is 13.1. The second kappa shape index (κ2) is 5.98. The van der Waals surface area contributed by atoms with Crippen LogP contribution in [0.5, 0.6) is 0 Å². The third-order valence-corrected chi connectivity index (χ3v) is 3.58. The molecule has 1 aliphatic rings. The van der Waals surface area contributed by atoms with Crippen LogP contribution in [0.2, 0.25) is 0 Å².